The van der Waals surface area contributed by atoms with E-state index in [1.54, 1.807) is 7.11 Å². The van der Waals surface area contributed by atoms with Crippen LogP contribution in [0.25, 0.3) is 0 Å². The maximum Gasteiger partial charge on any atom is 0.106 e. The Labute approximate surface area is 116 Å². The second-order valence-corrected chi connectivity index (χ2v) is 5.73. The predicted octanol–water partition coefficient (Wildman–Crippen LogP) is 2.92. The Morgan fingerprint density at radius 1 is 1.53 bits per heavy atom. The Kier molecular flexibility index (Phi) is 4.91. The highest BCUT2D eigenvalue weighted by molar-refractivity contribution is 9.10. The lowest BCUT2D eigenvalue weighted by Gasteiger charge is -2.24. The molecule has 0 saturated carbocycles. The molecule has 1 aromatic rings. The fourth-order valence-corrected chi connectivity index (χ4v) is 1.80. The van der Waals surface area contributed by atoms with Crippen molar-refractivity contribution in [1.82, 2.24) is 0 Å². The summed E-state index contributed by atoms with van der Waals surface area (Å²) >= 11 is 8.45. The summed E-state index contributed by atoms with van der Waals surface area (Å²) in [5, 5.41) is 3.30. The molecule has 3 nitrogen and oxygen atoms in total. The second kappa shape index (κ2) is 5.80. The van der Waals surface area contributed by atoms with Gasteiger partial charge in [-0.25, -0.2) is 0 Å². The number of nitrogens with one attached hydrogen (secondary N) is 1. The van der Waals surface area contributed by atoms with Crippen LogP contribution in [0.1, 0.15) is 19.4 Å². The fourth-order valence-electron chi connectivity index (χ4n) is 1.26. The molecule has 0 atom stereocenters. The Balaban J connectivity index is 2.89. The van der Waals surface area contributed by atoms with Crippen LogP contribution in [0.3, 0.4) is 0 Å². The normalized spacial score (nSPS) is 11.3. The van der Waals surface area contributed by atoms with E-state index in [4.69, 9.17) is 22.7 Å². The SMILES string of the molecule is COC(C)(C)CNc1cc(Br)ccc1C(N)=S. The number of benzene rings is 1. The molecule has 0 unspecified atom stereocenters. The molecule has 0 spiro atoms. The van der Waals surface area contributed by atoms with Crippen molar-refractivity contribution in [1.29, 1.82) is 0 Å². The molecule has 0 aromatic heterocycles. The molecule has 0 heterocycles. The summed E-state index contributed by atoms with van der Waals surface area (Å²) in [7, 11) is 1.69. The van der Waals surface area contributed by atoms with E-state index < -0.39 is 0 Å². The number of methoxy groups -OCH3 is 1. The van der Waals surface area contributed by atoms with Crippen LogP contribution in [-0.4, -0.2) is 24.2 Å². The first-order valence-corrected chi connectivity index (χ1v) is 6.44. The second-order valence-electron chi connectivity index (χ2n) is 4.37. The van der Waals surface area contributed by atoms with Crippen LogP contribution in [0.4, 0.5) is 5.69 Å². The number of nitrogens with two attached hydrogens (primary N) is 1. The molecule has 1 rings (SSSR count). The van der Waals surface area contributed by atoms with E-state index >= 15 is 0 Å². The van der Waals surface area contributed by atoms with Gasteiger partial charge in [0.25, 0.3) is 0 Å². The van der Waals surface area contributed by atoms with Gasteiger partial charge in [0.15, 0.2) is 0 Å². The number of hydrogen-bond acceptors (Lipinski definition) is 3. The van der Waals surface area contributed by atoms with Crippen molar-refractivity contribution >= 4 is 38.8 Å². The third-order valence-electron chi connectivity index (χ3n) is 2.50. The number of halogens is 1. The Morgan fingerprint density at radius 2 is 2.18 bits per heavy atom. The van der Waals surface area contributed by atoms with Crippen molar-refractivity contribution < 1.29 is 4.74 Å². The molecule has 0 saturated heterocycles. The highest BCUT2D eigenvalue weighted by Gasteiger charge is 2.16. The summed E-state index contributed by atoms with van der Waals surface area (Å²) in [6, 6.07) is 5.77. The molecule has 0 aliphatic rings. The van der Waals surface area contributed by atoms with Crippen molar-refractivity contribution in [2.75, 3.05) is 19.0 Å². The first-order chi connectivity index (χ1) is 7.85. The van der Waals surface area contributed by atoms with E-state index in [-0.39, 0.29) is 5.60 Å². The van der Waals surface area contributed by atoms with Gasteiger partial charge in [0, 0.05) is 29.4 Å². The minimum Gasteiger partial charge on any atom is -0.389 e. The van der Waals surface area contributed by atoms with Gasteiger partial charge in [-0.05, 0) is 32.0 Å². The van der Waals surface area contributed by atoms with E-state index in [1.807, 2.05) is 32.0 Å². The number of anilines is 1. The Morgan fingerprint density at radius 3 is 2.71 bits per heavy atom. The number of thiocarbonyl (C=S) groups is 1. The average molecular weight is 317 g/mol. The lowest BCUT2D eigenvalue weighted by molar-refractivity contribution is 0.0344. The number of ether oxygens (including phenoxy) is 1. The molecule has 0 amide bonds. The van der Waals surface area contributed by atoms with E-state index in [0.717, 1.165) is 15.7 Å². The van der Waals surface area contributed by atoms with Crippen LogP contribution in [0.5, 0.6) is 0 Å². The molecule has 0 aliphatic carbocycles. The van der Waals surface area contributed by atoms with Crippen LogP contribution in [0, 0.1) is 0 Å². The standard InChI is InChI=1S/C12H17BrN2OS/c1-12(2,16-3)7-15-10-6-8(13)4-5-9(10)11(14)17/h4-6,15H,7H2,1-3H3,(H2,14,17). The van der Waals surface area contributed by atoms with E-state index in [9.17, 15) is 0 Å². The first kappa shape index (κ1) is 14.4. The molecule has 94 valence electrons. The molecule has 0 radical (unpaired) electrons. The Bertz CT molecular complexity index is 421. The number of hydrogen-bond donors (Lipinski definition) is 2. The van der Waals surface area contributed by atoms with E-state index in [1.165, 1.54) is 0 Å². The summed E-state index contributed by atoms with van der Waals surface area (Å²) < 4.78 is 6.33. The third-order valence-corrected chi connectivity index (χ3v) is 3.22. The first-order valence-electron chi connectivity index (χ1n) is 5.24. The molecule has 0 fully saturated rings. The zero-order valence-corrected chi connectivity index (χ0v) is 12.6. The quantitative estimate of drug-likeness (QED) is 0.820. The summed E-state index contributed by atoms with van der Waals surface area (Å²) in [6.07, 6.45) is 0. The average Bonchev–Trinajstić information content (AvgIpc) is 2.26. The van der Waals surface area contributed by atoms with Crippen molar-refractivity contribution in [3.63, 3.8) is 0 Å². The maximum absolute atomic E-state index is 5.68. The van der Waals surface area contributed by atoms with Crippen LogP contribution >= 0.6 is 28.1 Å². The molecule has 17 heavy (non-hydrogen) atoms. The van der Waals surface area contributed by atoms with Gasteiger partial charge in [-0.15, -0.1) is 0 Å². The van der Waals surface area contributed by atoms with Gasteiger partial charge in [0.05, 0.1) is 5.60 Å². The van der Waals surface area contributed by atoms with Crippen molar-refractivity contribution in [3.8, 4) is 0 Å². The summed E-state index contributed by atoms with van der Waals surface area (Å²) in [5.41, 5.74) is 7.20. The van der Waals surface area contributed by atoms with E-state index in [2.05, 4.69) is 21.2 Å². The molecular formula is C12H17BrN2OS. The Hall–Kier alpha value is -0.650. The highest BCUT2D eigenvalue weighted by Crippen LogP contribution is 2.22. The minimum absolute atomic E-state index is 0.240. The molecule has 1 aromatic carbocycles. The van der Waals surface area contributed by atoms with Crippen molar-refractivity contribution in [2.45, 2.75) is 19.4 Å². The monoisotopic (exact) mass is 316 g/mol. The zero-order chi connectivity index (χ0) is 13.1. The topological polar surface area (TPSA) is 47.3 Å². The van der Waals surface area contributed by atoms with E-state index in [0.29, 0.717) is 11.5 Å². The molecule has 3 N–H and O–H groups in total. The summed E-state index contributed by atoms with van der Waals surface area (Å²) in [6.45, 7) is 4.70. The molecule has 0 bridgehead atoms. The molecule has 0 aliphatic heterocycles. The van der Waals surface area contributed by atoms with Gasteiger partial charge in [0.1, 0.15) is 4.99 Å². The summed E-state index contributed by atoms with van der Waals surface area (Å²) in [5.74, 6) is 0. The van der Waals surface area contributed by atoms with Gasteiger partial charge < -0.3 is 15.8 Å². The van der Waals surface area contributed by atoms with Gasteiger partial charge in [-0.1, -0.05) is 28.1 Å². The van der Waals surface area contributed by atoms with Crippen molar-refractivity contribution in [3.05, 3.63) is 28.2 Å². The maximum atomic E-state index is 5.68. The summed E-state index contributed by atoms with van der Waals surface area (Å²) in [4.78, 5) is 0.384. The highest BCUT2D eigenvalue weighted by atomic mass is 79.9. The van der Waals surface area contributed by atoms with Crippen LogP contribution in [0.2, 0.25) is 0 Å². The van der Waals surface area contributed by atoms with Crippen molar-refractivity contribution in [2.24, 2.45) is 5.73 Å². The molecule has 5 heteroatoms. The number of rotatable bonds is 5. The lowest BCUT2D eigenvalue weighted by atomic mass is 10.1. The fraction of sp³-hybridized carbons (Fsp3) is 0.417. The van der Waals surface area contributed by atoms with Gasteiger partial charge in [0.2, 0.25) is 0 Å². The van der Waals surface area contributed by atoms with Crippen LogP contribution < -0.4 is 11.1 Å². The van der Waals surface area contributed by atoms with Gasteiger partial charge >= 0.3 is 0 Å². The largest absolute Gasteiger partial charge is 0.389 e. The van der Waals surface area contributed by atoms with Crippen LogP contribution in [-0.2, 0) is 4.74 Å². The molecular weight excluding hydrogens is 300 g/mol. The smallest absolute Gasteiger partial charge is 0.106 e. The lowest BCUT2D eigenvalue weighted by Crippen LogP contribution is -2.32. The zero-order valence-electron chi connectivity index (χ0n) is 10.2. The van der Waals surface area contributed by atoms with Gasteiger partial charge in [-0.2, -0.15) is 0 Å². The minimum atomic E-state index is -0.240. The van der Waals surface area contributed by atoms with Gasteiger partial charge in [-0.3, -0.25) is 0 Å². The third kappa shape index (κ3) is 4.26. The predicted molar refractivity (Wildman–Crippen MR) is 79.6 cm³/mol. The van der Waals surface area contributed by atoms with Crippen LogP contribution in [0.15, 0.2) is 22.7 Å².